The van der Waals surface area contributed by atoms with Crippen LogP contribution in [-0.4, -0.2) is 45.1 Å². The van der Waals surface area contributed by atoms with Crippen LogP contribution in [0.25, 0.3) is 0 Å². The van der Waals surface area contributed by atoms with Gasteiger partial charge in [0.15, 0.2) is 0 Å². The lowest BCUT2D eigenvalue weighted by Gasteiger charge is -2.31. The van der Waals surface area contributed by atoms with E-state index in [1.807, 2.05) is 47.1 Å². The van der Waals surface area contributed by atoms with Crippen LogP contribution in [0.1, 0.15) is 49.1 Å². The summed E-state index contributed by atoms with van der Waals surface area (Å²) in [6.07, 6.45) is 7.60. The van der Waals surface area contributed by atoms with Crippen molar-refractivity contribution in [2.45, 2.75) is 63.6 Å². The molecule has 0 saturated carbocycles. The first kappa shape index (κ1) is 18.7. The third kappa shape index (κ3) is 3.96. The lowest BCUT2D eigenvalue weighted by atomic mass is 9.88. The Morgan fingerprint density at radius 3 is 2.82 bits per heavy atom. The van der Waals surface area contributed by atoms with E-state index in [4.69, 9.17) is 0 Å². The highest BCUT2D eigenvalue weighted by atomic mass is 16.2. The summed E-state index contributed by atoms with van der Waals surface area (Å²) in [6, 6.07) is 10.3. The molecule has 0 unspecified atom stereocenters. The molecule has 4 rings (SSSR count). The number of amides is 2. The summed E-state index contributed by atoms with van der Waals surface area (Å²) in [5.41, 5.74) is 2.29. The van der Waals surface area contributed by atoms with Crippen molar-refractivity contribution in [3.8, 4) is 0 Å². The number of hydrogen-bond acceptors (Lipinski definition) is 3. The number of nitrogens with one attached hydrogen (secondary N) is 1. The van der Waals surface area contributed by atoms with Gasteiger partial charge in [-0.25, -0.2) is 0 Å². The number of fused-ring (bicyclic) bond motifs is 1. The molecule has 0 bridgehead atoms. The van der Waals surface area contributed by atoms with E-state index < -0.39 is 0 Å². The minimum atomic E-state index is -0.00824. The Kier molecular flexibility index (Phi) is 5.46. The fourth-order valence-electron chi connectivity index (χ4n) is 4.59. The molecular formula is C22H28N4O2. The molecule has 3 atom stereocenters. The number of hydrogen-bond donors (Lipinski definition) is 1. The molecule has 2 amide bonds. The first-order chi connectivity index (χ1) is 13.6. The van der Waals surface area contributed by atoms with Gasteiger partial charge < -0.3 is 10.2 Å². The number of rotatable bonds is 4. The Balaban J connectivity index is 1.53. The Morgan fingerprint density at radius 2 is 2.07 bits per heavy atom. The third-order valence-corrected chi connectivity index (χ3v) is 5.99. The molecule has 3 heterocycles. The summed E-state index contributed by atoms with van der Waals surface area (Å²) in [5, 5.41) is 7.53. The van der Waals surface area contributed by atoms with Crippen molar-refractivity contribution in [1.29, 1.82) is 0 Å². The van der Waals surface area contributed by atoms with E-state index in [1.165, 1.54) is 5.56 Å². The van der Waals surface area contributed by atoms with E-state index in [0.29, 0.717) is 25.9 Å². The van der Waals surface area contributed by atoms with Crippen molar-refractivity contribution in [3.05, 3.63) is 53.9 Å². The van der Waals surface area contributed by atoms with Gasteiger partial charge in [0.2, 0.25) is 11.8 Å². The maximum Gasteiger partial charge on any atom is 0.224 e. The zero-order chi connectivity index (χ0) is 19.5. The zero-order valence-electron chi connectivity index (χ0n) is 16.4. The quantitative estimate of drug-likeness (QED) is 0.887. The number of carbonyl (C=O) groups excluding carboxylic acids is 2. The van der Waals surface area contributed by atoms with Crippen LogP contribution in [0.15, 0.2) is 42.7 Å². The van der Waals surface area contributed by atoms with Crippen LogP contribution in [0.3, 0.4) is 0 Å². The van der Waals surface area contributed by atoms with E-state index in [0.717, 1.165) is 24.8 Å². The fraction of sp³-hybridized carbons (Fsp3) is 0.500. The van der Waals surface area contributed by atoms with Gasteiger partial charge in [-0.15, -0.1) is 0 Å². The standard InChI is InChI=1S/C22H28N4O2/c1-16-13-23-25(14-16)12-11-21(28)26-15-18(17-7-3-2-4-8-17)22-19(26)9-5-6-10-20(27)24-22/h2-4,7-8,13-14,18-19,22H,5-6,9-12,15H2,1H3,(H,24,27)/t18-,19+,22-/m0/s1. The van der Waals surface area contributed by atoms with Crippen LogP contribution in [0.2, 0.25) is 0 Å². The monoisotopic (exact) mass is 380 g/mol. The topological polar surface area (TPSA) is 67.2 Å². The van der Waals surface area contributed by atoms with Gasteiger partial charge in [0, 0.05) is 38.0 Å². The average molecular weight is 380 g/mol. The predicted molar refractivity (Wildman–Crippen MR) is 107 cm³/mol. The molecule has 2 fully saturated rings. The first-order valence-corrected chi connectivity index (χ1v) is 10.2. The molecule has 0 spiro atoms. The molecule has 2 aliphatic heterocycles. The van der Waals surface area contributed by atoms with Gasteiger partial charge in [0.25, 0.3) is 0 Å². The van der Waals surface area contributed by atoms with Gasteiger partial charge in [-0.2, -0.15) is 5.10 Å². The van der Waals surface area contributed by atoms with Crippen LogP contribution < -0.4 is 5.32 Å². The number of carbonyl (C=O) groups is 2. The van der Waals surface area contributed by atoms with Gasteiger partial charge in [-0.05, 0) is 30.9 Å². The van der Waals surface area contributed by atoms with Gasteiger partial charge in [0.1, 0.15) is 0 Å². The summed E-state index contributed by atoms with van der Waals surface area (Å²) >= 11 is 0. The molecule has 2 aromatic rings. The molecule has 1 aromatic heterocycles. The molecular weight excluding hydrogens is 352 g/mol. The summed E-state index contributed by atoms with van der Waals surface area (Å²) < 4.78 is 1.83. The highest BCUT2D eigenvalue weighted by molar-refractivity contribution is 5.79. The predicted octanol–water partition coefficient (Wildman–Crippen LogP) is 2.64. The highest BCUT2D eigenvalue weighted by Crippen LogP contribution is 2.36. The van der Waals surface area contributed by atoms with Crippen LogP contribution in [0.5, 0.6) is 0 Å². The molecule has 2 aliphatic rings. The second-order valence-corrected chi connectivity index (χ2v) is 8.00. The largest absolute Gasteiger partial charge is 0.351 e. The summed E-state index contributed by atoms with van der Waals surface area (Å²) in [4.78, 5) is 27.4. The molecule has 6 heteroatoms. The smallest absolute Gasteiger partial charge is 0.224 e. The summed E-state index contributed by atoms with van der Waals surface area (Å²) in [7, 11) is 0. The number of nitrogens with zero attached hydrogens (tertiary/aromatic N) is 3. The second kappa shape index (κ2) is 8.17. The van der Waals surface area contributed by atoms with Crippen molar-refractivity contribution in [2.24, 2.45) is 0 Å². The number of likely N-dealkylation sites (tertiary alicyclic amines) is 1. The second-order valence-electron chi connectivity index (χ2n) is 8.00. The Morgan fingerprint density at radius 1 is 1.25 bits per heavy atom. The van der Waals surface area contributed by atoms with Gasteiger partial charge in [0.05, 0.1) is 18.3 Å². The normalized spacial score (nSPS) is 25.0. The van der Waals surface area contributed by atoms with E-state index in [2.05, 4.69) is 22.5 Å². The Hall–Kier alpha value is -2.63. The SMILES string of the molecule is Cc1cnn(CCC(=O)N2C[C@@H](c3ccccc3)[C@@H]3NC(=O)CCCC[C@H]32)c1. The minimum absolute atomic E-state index is 0.00824. The van der Waals surface area contributed by atoms with Crippen molar-refractivity contribution in [3.63, 3.8) is 0 Å². The van der Waals surface area contributed by atoms with E-state index >= 15 is 0 Å². The van der Waals surface area contributed by atoms with Crippen molar-refractivity contribution >= 4 is 11.8 Å². The summed E-state index contributed by atoms with van der Waals surface area (Å²) in [6.45, 7) is 3.25. The molecule has 0 aliphatic carbocycles. The average Bonchev–Trinajstić information content (AvgIpc) is 3.26. The van der Waals surface area contributed by atoms with Crippen LogP contribution in [-0.2, 0) is 16.1 Å². The molecule has 28 heavy (non-hydrogen) atoms. The first-order valence-electron chi connectivity index (χ1n) is 10.2. The van der Waals surface area contributed by atoms with E-state index in [1.54, 1.807) is 0 Å². The number of benzene rings is 1. The van der Waals surface area contributed by atoms with E-state index in [-0.39, 0.29) is 29.8 Å². The highest BCUT2D eigenvalue weighted by Gasteiger charge is 2.45. The lowest BCUT2D eigenvalue weighted by Crippen LogP contribution is -2.48. The van der Waals surface area contributed by atoms with Gasteiger partial charge in [-0.1, -0.05) is 36.8 Å². The summed E-state index contributed by atoms with van der Waals surface area (Å²) in [5.74, 6) is 0.400. The van der Waals surface area contributed by atoms with Crippen LogP contribution in [0, 0.1) is 6.92 Å². The van der Waals surface area contributed by atoms with Crippen molar-refractivity contribution in [1.82, 2.24) is 20.0 Å². The van der Waals surface area contributed by atoms with Crippen molar-refractivity contribution < 1.29 is 9.59 Å². The molecule has 1 N–H and O–H groups in total. The maximum absolute atomic E-state index is 13.1. The third-order valence-electron chi connectivity index (χ3n) is 5.99. The van der Waals surface area contributed by atoms with Gasteiger partial charge in [-0.3, -0.25) is 14.3 Å². The molecule has 0 radical (unpaired) electrons. The molecule has 148 valence electrons. The Bertz CT molecular complexity index is 832. The zero-order valence-corrected chi connectivity index (χ0v) is 16.4. The van der Waals surface area contributed by atoms with Gasteiger partial charge >= 0.3 is 0 Å². The van der Waals surface area contributed by atoms with Crippen LogP contribution >= 0.6 is 0 Å². The van der Waals surface area contributed by atoms with Crippen LogP contribution in [0.4, 0.5) is 0 Å². The Labute approximate surface area is 165 Å². The fourth-order valence-corrected chi connectivity index (χ4v) is 4.59. The van der Waals surface area contributed by atoms with E-state index in [9.17, 15) is 9.59 Å². The molecule has 6 nitrogen and oxygen atoms in total. The lowest BCUT2D eigenvalue weighted by molar-refractivity contribution is -0.133. The minimum Gasteiger partial charge on any atom is -0.351 e. The number of aryl methyl sites for hydroxylation is 2. The molecule has 1 aromatic carbocycles. The molecule has 2 saturated heterocycles. The van der Waals surface area contributed by atoms with Crippen molar-refractivity contribution in [2.75, 3.05) is 6.54 Å². The maximum atomic E-state index is 13.1. The number of aromatic nitrogens is 2.